The molecule has 0 aliphatic rings. The fourth-order valence-electron chi connectivity index (χ4n) is 4.18. The van der Waals surface area contributed by atoms with Crippen LogP contribution in [0.15, 0.2) is 84.9 Å². The number of ether oxygens (including phenoxy) is 1. The Kier molecular flexibility index (Phi) is 4.02. The van der Waals surface area contributed by atoms with Crippen LogP contribution in [-0.4, -0.2) is 16.8 Å². The number of benzene rings is 4. The number of nitrogens with zero attached hydrogens (tertiary/aromatic N) is 1. The number of fused-ring (bicyclic) bond motifs is 3. The van der Waals surface area contributed by atoms with Crippen molar-refractivity contribution in [3.63, 3.8) is 0 Å². The molecule has 0 radical (unpaired) electrons. The highest BCUT2D eigenvalue weighted by atomic mass is 16.5. The monoisotopic (exact) mass is 379 g/mol. The van der Waals surface area contributed by atoms with Gasteiger partial charge in [0.15, 0.2) is 0 Å². The first-order valence-corrected chi connectivity index (χ1v) is 9.64. The van der Waals surface area contributed by atoms with Gasteiger partial charge in [-0.15, -0.1) is 0 Å². The second-order valence-electron chi connectivity index (χ2n) is 7.25. The van der Waals surface area contributed by atoms with Gasteiger partial charge >= 0.3 is 0 Å². The Bertz CT molecular complexity index is 1310. The van der Waals surface area contributed by atoms with E-state index in [-0.39, 0.29) is 5.75 Å². The number of para-hydroxylation sites is 3. The standard InChI is InChI=1S/C26H21NO2/c1-17-15-21(20-11-5-8-14-25(20)29-2)26(28)24(16-17)27-22-12-6-3-9-18(22)19-10-4-7-13-23(19)27/h3-16,28H,1-2H3. The van der Waals surface area contributed by atoms with Crippen molar-refractivity contribution in [3.05, 3.63) is 90.5 Å². The maximum Gasteiger partial charge on any atom is 0.147 e. The molecular weight excluding hydrogens is 358 g/mol. The Hall–Kier alpha value is -3.72. The zero-order valence-electron chi connectivity index (χ0n) is 16.4. The van der Waals surface area contributed by atoms with Crippen molar-refractivity contribution in [1.29, 1.82) is 0 Å². The number of aromatic nitrogens is 1. The number of hydrogen-bond acceptors (Lipinski definition) is 2. The van der Waals surface area contributed by atoms with E-state index in [1.165, 1.54) is 10.8 Å². The summed E-state index contributed by atoms with van der Waals surface area (Å²) in [7, 11) is 1.65. The van der Waals surface area contributed by atoms with Gasteiger partial charge in [-0.3, -0.25) is 0 Å². The van der Waals surface area contributed by atoms with Crippen molar-refractivity contribution in [3.8, 4) is 28.3 Å². The molecule has 0 bridgehead atoms. The predicted molar refractivity (Wildman–Crippen MR) is 119 cm³/mol. The number of phenolic OH excluding ortho intramolecular Hbond substituents is 1. The number of methoxy groups -OCH3 is 1. The molecule has 0 fully saturated rings. The van der Waals surface area contributed by atoms with E-state index in [4.69, 9.17) is 4.74 Å². The van der Waals surface area contributed by atoms with Gasteiger partial charge in [0.05, 0.1) is 23.8 Å². The number of aromatic hydroxyl groups is 1. The topological polar surface area (TPSA) is 34.4 Å². The molecule has 29 heavy (non-hydrogen) atoms. The highest BCUT2D eigenvalue weighted by Crippen LogP contribution is 2.42. The van der Waals surface area contributed by atoms with Crippen LogP contribution in [0.4, 0.5) is 0 Å². The minimum Gasteiger partial charge on any atom is -0.505 e. The van der Waals surface area contributed by atoms with E-state index in [1.807, 2.05) is 48.5 Å². The summed E-state index contributed by atoms with van der Waals surface area (Å²) in [6.45, 7) is 2.05. The van der Waals surface area contributed by atoms with Crippen LogP contribution in [0.25, 0.3) is 38.6 Å². The van der Waals surface area contributed by atoms with E-state index in [1.54, 1.807) is 7.11 Å². The molecule has 4 aromatic carbocycles. The summed E-state index contributed by atoms with van der Waals surface area (Å²) in [6, 6.07) is 28.4. The van der Waals surface area contributed by atoms with Crippen molar-refractivity contribution in [2.75, 3.05) is 7.11 Å². The lowest BCUT2D eigenvalue weighted by atomic mass is 10.00. The van der Waals surface area contributed by atoms with E-state index in [0.717, 1.165) is 39.2 Å². The summed E-state index contributed by atoms with van der Waals surface area (Å²) in [4.78, 5) is 0. The van der Waals surface area contributed by atoms with Crippen LogP contribution < -0.4 is 4.74 Å². The number of phenols is 1. The molecule has 5 rings (SSSR count). The van der Waals surface area contributed by atoms with Gasteiger partial charge in [-0.1, -0.05) is 54.6 Å². The molecular formula is C26H21NO2. The molecule has 1 heterocycles. The molecule has 0 atom stereocenters. The number of rotatable bonds is 3. The molecule has 3 nitrogen and oxygen atoms in total. The van der Waals surface area contributed by atoms with Crippen LogP contribution in [0.1, 0.15) is 5.56 Å². The van der Waals surface area contributed by atoms with Crippen LogP contribution in [0.5, 0.6) is 11.5 Å². The third-order valence-corrected chi connectivity index (χ3v) is 5.45. The van der Waals surface area contributed by atoms with E-state index >= 15 is 0 Å². The molecule has 3 heteroatoms. The second kappa shape index (κ2) is 6.71. The number of hydrogen-bond donors (Lipinski definition) is 1. The van der Waals surface area contributed by atoms with Crippen molar-refractivity contribution < 1.29 is 9.84 Å². The number of aryl methyl sites for hydroxylation is 1. The van der Waals surface area contributed by atoms with Gasteiger partial charge in [-0.25, -0.2) is 0 Å². The van der Waals surface area contributed by atoms with Gasteiger partial charge in [-0.2, -0.15) is 0 Å². The normalized spacial score (nSPS) is 11.2. The first kappa shape index (κ1) is 17.4. The van der Waals surface area contributed by atoms with E-state index in [9.17, 15) is 5.11 Å². The van der Waals surface area contributed by atoms with E-state index in [2.05, 4.69) is 47.9 Å². The molecule has 0 spiro atoms. The summed E-state index contributed by atoms with van der Waals surface area (Å²) in [5.74, 6) is 0.980. The first-order chi connectivity index (χ1) is 14.2. The van der Waals surface area contributed by atoms with E-state index < -0.39 is 0 Å². The van der Waals surface area contributed by atoms with Crippen molar-refractivity contribution in [2.24, 2.45) is 0 Å². The summed E-state index contributed by atoms with van der Waals surface area (Å²) in [6.07, 6.45) is 0. The molecule has 142 valence electrons. The molecule has 0 saturated heterocycles. The quantitative estimate of drug-likeness (QED) is 0.390. The molecule has 1 N–H and O–H groups in total. The van der Waals surface area contributed by atoms with Crippen LogP contribution in [0, 0.1) is 6.92 Å². The van der Waals surface area contributed by atoms with Gasteiger partial charge < -0.3 is 14.4 Å². The first-order valence-electron chi connectivity index (χ1n) is 9.64. The Morgan fingerprint density at radius 1 is 0.724 bits per heavy atom. The fraction of sp³-hybridized carbons (Fsp3) is 0.0769. The largest absolute Gasteiger partial charge is 0.505 e. The van der Waals surface area contributed by atoms with Gasteiger partial charge in [0.1, 0.15) is 11.5 Å². The molecule has 0 aliphatic carbocycles. The van der Waals surface area contributed by atoms with Crippen molar-refractivity contribution in [2.45, 2.75) is 6.92 Å². The van der Waals surface area contributed by atoms with Gasteiger partial charge in [-0.05, 0) is 42.8 Å². The third-order valence-electron chi connectivity index (χ3n) is 5.45. The highest BCUT2D eigenvalue weighted by Gasteiger charge is 2.19. The van der Waals surface area contributed by atoms with Crippen molar-refractivity contribution >= 4 is 21.8 Å². The zero-order valence-corrected chi connectivity index (χ0v) is 16.4. The van der Waals surface area contributed by atoms with Gasteiger partial charge in [0.25, 0.3) is 0 Å². The van der Waals surface area contributed by atoms with E-state index in [0.29, 0.717) is 0 Å². The Balaban J connectivity index is 1.88. The SMILES string of the molecule is COc1ccccc1-c1cc(C)cc(-n2c3ccccc3c3ccccc32)c1O. The van der Waals surface area contributed by atoms with Crippen LogP contribution in [-0.2, 0) is 0 Å². The second-order valence-corrected chi connectivity index (χ2v) is 7.25. The van der Waals surface area contributed by atoms with Gasteiger partial charge in [0.2, 0.25) is 0 Å². The fourth-order valence-corrected chi connectivity index (χ4v) is 4.18. The molecule has 0 saturated carbocycles. The molecule has 0 aliphatic heterocycles. The average Bonchev–Trinajstić information content (AvgIpc) is 3.09. The van der Waals surface area contributed by atoms with Crippen LogP contribution in [0.2, 0.25) is 0 Å². The predicted octanol–water partition coefficient (Wildman–Crippen LogP) is 6.47. The summed E-state index contributed by atoms with van der Waals surface area (Å²) in [5, 5.41) is 13.7. The maximum atomic E-state index is 11.4. The zero-order chi connectivity index (χ0) is 20.0. The van der Waals surface area contributed by atoms with Crippen LogP contribution >= 0.6 is 0 Å². The Morgan fingerprint density at radius 2 is 1.31 bits per heavy atom. The summed E-state index contributed by atoms with van der Waals surface area (Å²) in [5.41, 5.74) is 5.61. The lowest BCUT2D eigenvalue weighted by molar-refractivity contribution is 0.415. The lowest BCUT2D eigenvalue weighted by Gasteiger charge is -2.16. The summed E-state index contributed by atoms with van der Waals surface area (Å²) < 4.78 is 7.69. The molecule has 0 amide bonds. The minimum atomic E-state index is 0.242. The maximum absolute atomic E-state index is 11.4. The molecule has 0 unspecified atom stereocenters. The van der Waals surface area contributed by atoms with Crippen molar-refractivity contribution in [1.82, 2.24) is 4.57 Å². The Morgan fingerprint density at radius 3 is 1.97 bits per heavy atom. The highest BCUT2D eigenvalue weighted by molar-refractivity contribution is 6.09. The summed E-state index contributed by atoms with van der Waals surface area (Å²) >= 11 is 0. The molecule has 5 aromatic rings. The third kappa shape index (κ3) is 2.66. The lowest BCUT2D eigenvalue weighted by Crippen LogP contribution is -1.97. The minimum absolute atomic E-state index is 0.242. The average molecular weight is 379 g/mol. The Labute approximate surface area is 169 Å². The smallest absolute Gasteiger partial charge is 0.147 e. The molecule has 1 aromatic heterocycles. The van der Waals surface area contributed by atoms with Gasteiger partial charge in [0, 0.05) is 21.9 Å². The van der Waals surface area contributed by atoms with Crippen LogP contribution in [0.3, 0.4) is 0 Å².